The minimum Gasteiger partial charge on any atom is -0.389 e. The van der Waals surface area contributed by atoms with Gasteiger partial charge in [-0.25, -0.2) is 0 Å². The van der Waals surface area contributed by atoms with E-state index in [0.29, 0.717) is 31.5 Å². The van der Waals surface area contributed by atoms with Crippen LogP contribution in [0.5, 0.6) is 0 Å². The number of Topliss-reactive ketones (excluding diaryl/α,β-unsaturated/α-hetero) is 1. The van der Waals surface area contributed by atoms with Crippen molar-refractivity contribution in [2.24, 2.45) is 17.8 Å². The van der Waals surface area contributed by atoms with E-state index in [1.165, 1.54) is 0 Å². The largest absolute Gasteiger partial charge is 0.389 e. The van der Waals surface area contributed by atoms with E-state index < -0.39 is 41.8 Å². The van der Waals surface area contributed by atoms with Crippen LogP contribution in [-0.4, -0.2) is 71.2 Å². The van der Waals surface area contributed by atoms with E-state index in [0.717, 1.165) is 19.3 Å². The number of hydrogen-bond donors (Lipinski definition) is 4. The van der Waals surface area contributed by atoms with Gasteiger partial charge in [-0.1, -0.05) is 36.8 Å². The van der Waals surface area contributed by atoms with Crippen LogP contribution in [-0.2, 0) is 29.5 Å². The second-order valence-electron chi connectivity index (χ2n) is 10.8. The van der Waals surface area contributed by atoms with Gasteiger partial charge in [0.05, 0.1) is 6.04 Å². The van der Waals surface area contributed by atoms with Crippen LogP contribution in [0, 0.1) is 17.8 Å². The summed E-state index contributed by atoms with van der Waals surface area (Å²) < 4.78 is 0. The molecule has 4 fully saturated rings. The third-order valence-electron chi connectivity index (χ3n) is 8.68. The molecule has 0 spiro atoms. The molecule has 4 aliphatic rings. The summed E-state index contributed by atoms with van der Waals surface area (Å²) in [4.78, 5) is 66.6. The highest BCUT2D eigenvalue weighted by molar-refractivity contribution is 5.99. The number of hydrogen-bond acceptors (Lipinski definition) is 6. The number of aliphatic hydroxyl groups is 1. The lowest BCUT2D eigenvalue weighted by Crippen LogP contribution is -2.59. The number of fused-ring (bicyclic) bond motifs is 1. The number of carbonyl (C=O) groups excluding carboxylic acids is 5. The maximum absolute atomic E-state index is 14.2. The first kappa shape index (κ1) is 25.4. The van der Waals surface area contributed by atoms with E-state index in [1.54, 1.807) is 4.90 Å². The van der Waals surface area contributed by atoms with Gasteiger partial charge in [0.1, 0.15) is 18.2 Å². The highest BCUT2D eigenvalue weighted by Gasteiger charge is 2.56. The molecule has 1 aliphatic carbocycles. The fraction of sp³-hybridized carbons (Fsp3) is 0.593. The number of nitrogens with zero attached hydrogens (tertiary/aromatic N) is 1. The average molecular weight is 511 g/mol. The highest BCUT2D eigenvalue weighted by Crippen LogP contribution is 2.45. The fourth-order valence-corrected chi connectivity index (χ4v) is 6.78. The van der Waals surface area contributed by atoms with Gasteiger partial charge in [-0.05, 0) is 49.5 Å². The number of aliphatic hydroxyl groups excluding tert-OH is 1. The zero-order valence-electron chi connectivity index (χ0n) is 20.8. The van der Waals surface area contributed by atoms with Gasteiger partial charge < -0.3 is 26.0 Å². The molecular formula is C27H34N4O6. The number of likely N-dealkylation sites (tertiary alicyclic amines) is 1. The summed E-state index contributed by atoms with van der Waals surface area (Å²) in [6.07, 6.45) is 3.84. The van der Waals surface area contributed by atoms with E-state index >= 15 is 0 Å². The summed E-state index contributed by atoms with van der Waals surface area (Å²) in [6, 6.07) is 7.32. The second kappa shape index (κ2) is 10.2. The summed E-state index contributed by atoms with van der Waals surface area (Å²) in [5.41, 5.74) is -0.555. The summed E-state index contributed by atoms with van der Waals surface area (Å²) in [6.45, 7) is 0.177. The molecule has 5 rings (SSSR count). The zero-order valence-corrected chi connectivity index (χ0v) is 20.8. The summed E-state index contributed by atoms with van der Waals surface area (Å²) >= 11 is 0. The van der Waals surface area contributed by atoms with Gasteiger partial charge in [0, 0.05) is 25.4 Å². The minimum absolute atomic E-state index is 0.0477. The predicted molar refractivity (Wildman–Crippen MR) is 132 cm³/mol. The van der Waals surface area contributed by atoms with Crippen molar-refractivity contribution in [1.29, 1.82) is 0 Å². The van der Waals surface area contributed by atoms with Crippen LogP contribution in [0.2, 0.25) is 0 Å². The lowest BCUT2D eigenvalue weighted by molar-refractivity contribution is -0.146. The predicted octanol–water partition coefficient (Wildman–Crippen LogP) is -0.00860. The number of nitrogens with one attached hydrogen (secondary N) is 3. The lowest BCUT2D eigenvalue weighted by atomic mass is 9.86. The van der Waals surface area contributed by atoms with Crippen molar-refractivity contribution in [3.8, 4) is 0 Å². The normalized spacial score (nSPS) is 31.5. The molecule has 37 heavy (non-hydrogen) atoms. The Balaban J connectivity index is 1.42. The Bertz CT molecular complexity index is 1090. The van der Waals surface area contributed by atoms with Crippen LogP contribution in [0.1, 0.15) is 50.5 Å². The number of amides is 4. The third-order valence-corrected chi connectivity index (χ3v) is 8.68. The molecule has 0 bridgehead atoms. The van der Waals surface area contributed by atoms with Crippen molar-refractivity contribution in [1.82, 2.24) is 20.9 Å². The maximum Gasteiger partial charge on any atom is 0.253 e. The van der Waals surface area contributed by atoms with Crippen molar-refractivity contribution < 1.29 is 29.1 Å². The number of ketones is 1. The van der Waals surface area contributed by atoms with Crippen LogP contribution < -0.4 is 16.0 Å². The number of benzene rings is 1. The van der Waals surface area contributed by atoms with Crippen molar-refractivity contribution in [2.45, 2.75) is 62.6 Å². The van der Waals surface area contributed by atoms with E-state index in [1.807, 2.05) is 30.3 Å². The van der Waals surface area contributed by atoms with Crippen LogP contribution in [0.15, 0.2) is 30.3 Å². The lowest BCUT2D eigenvalue weighted by Gasteiger charge is -2.36. The standard InChI is InChI=1S/C27H34N4O6/c32-15-21(33)20(13-16-10-12-28-24(16)35)29-25(36)23-19-8-4-5-17(19)14-31(23)26(37)27(11-9-22(34)30-27)18-6-2-1-3-7-18/h1-3,6-7,16-17,19-20,23,32H,4-5,8-15H2,(H,28,35)(H,29,36)(H,30,34)/t16-,17-,19-,20-,23+,27+/m0/s1. The minimum atomic E-state index is -1.24. The van der Waals surface area contributed by atoms with Gasteiger partial charge in [-0.2, -0.15) is 0 Å². The van der Waals surface area contributed by atoms with E-state index in [2.05, 4.69) is 16.0 Å². The molecule has 4 N–H and O–H groups in total. The fourth-order valence-electron chi connectivity index (χ4n) is 6.78. The molecule has 3 aliphatic heterocycles. The maximum atomic E-state index is 14.2. The summed E-state index contributed by atoms with van der Waals surface area (Å²) in [5, 5.41) is 18.0. The smallest absolute Gasteiger partial charge is 0.253 e. The van der Waals surface area contributed by atoms with Gasteiger partial charge in [0.25, 0.3) is 5.91 Å². The second-order valence-corrected chi connectivity index (χ2v) is 10.8. The zero-order chi connectivity index (χ0) is 26.2. The quantitative estimate of drug-likeness (QED) is 0.387. The molecule has 0 aromatic heterocycles. The van der Waals surface area contributed by atoms with Crippen molar-refractivity contribution >= 4 is 29.4 Å². The molecule has 3 saturated heterocycles. The molecule has 10 heteroatoms. The molecule has 1 saturated carbocycles. The Hall–Kier alpha value is -3.27. The first-order valence-corrected chi connectivity index (χ1v) is 13.2. The van der Waals surface area contributed by atoms with Gasteiger partial charge in [-0.3, -0.25) is 24.0 Å². The Kier molecular flexibility index (Phi) is 7.02. The summed E-state index contributed by atoms with van der Waals surface area (Å²) in [7, 11) is 0. The van der Waals surface area contributed by atoms with Gasteiger partial charge >= 0.3 is 0 Å². The van der Waals surface area contributed by atoms with E-state index in [9.17, 15) is 29.1 Å². The summed E-state index contributed by atoms with van der Waals surface area (Å²) in [5.74, 6) is -1.99. The Morgan fingerprint density at radius 3 is 2.57 bits per heavy atom. The Labute approximate surface area is 215 Å². The van der Waals surface area contributed by atoms with Crippen LogP contribution >= 0.6 is 0 Å². The molecule has 0 radical (unpaired) electrons. The van der Waals surface area contributed by atoms with Crippen molar-refractivity contribution in [2.75, 3.05) is 19.7 Å². The van der Waals surface area contributed by atoms with E-state index in [-0.39, 0.29) is 42.4 Å². The SMILES string of the molecule is O=C1CC[C@](C(=O)N2C[C@@H]3CCC[C@@H]3[C@@H]2C(=O)N[C@@H](C[C@@H]2CCNC2=O)C(=O)CO)(c2ccccc2)N1. The van der Waals surface area contributed by atoms with Crippen molar-refractivity contribution in [3.05, 3.63) is 35.9 Å². The molecule has 198 valence electrons. The van der Waals surface area contributed by atoms with E-state index in [4.69, 9.17) is 0 Å². The molecule has 4 amide bonds. The van der Waals surface area contributed by atoms with Crippen LogP contribution in [0.3, 0.4) is 0 Å². The highest BCUT2D eigenvalue weighted by atomic mass is 16.3. The Morgan fingerprint density at radius 1 is 1.14 bits per heavy atom. The monoisotopic (exact) mass is 510 g/mol. The molecule has 10 nitrogen and oxygen atoms in total. The molecule has 0 unspecified atom stereocenters. The topological polar surface area (TPSA) is 145 Å². The number of rotatable bonds is 8. The van der Waals surface area contributed by atoms with Crippen LogP contribution in [0.4, 0.5) is 0 Å². The Morgan fingerprint density at radius 2 is 1.92 bits per heavy atom. The van der Waals surface area contributed by atoms with Crippen molar-refractivity contribution in [3.63, 3.8) is 0 Å². The first-order valence-electron chi connectivity index (χ1n) is 13.2. The van der Waals surface area contributed by atoms with Gasteiger partial charge in [0.2, 0.25) is 17.7 Å². The first-order chi connectivity index (χ1) is 17.8. The third kappa shape index (κ3) is 4.63. The average Bonchev–Trinajstić information content (AvgIpc) is 3.68. The molecule has 1 aromatic carbocycles. The molecule has 1 aromatic rings. The van der Waals surface area contributed by atoms with Gasteiger partial charge in [-0.15, -0.1) is 0 Å². The molecule has 3 heterocycles. The number of carbonyl (C=O) groups is 5. The molecule has 6 atom stereocenters. The molecular weight excluding hydrogens is 476 g/mol. The van der Waals surface area contributed by atoms with Crippen LogP contribution in [0.25, 0.3) is 0 Å². The van der Waals surface area contributed by atoms with Gasteiger partial charge in [0.15, 0.2) is 5.78 Å².